The Balaban J connectivity index is 2.98. The molecule has 0 heterocycles. The molecule has 14 heavy (non-hydrogen) atoms. The van der Waals surface area contributed by atoms with E-state index in [1.54, 1.807) is 6.08 Å². The van der Waals surface area contributed by atoms with Crippen molar-refractivity contribution < 1.29 is 9.84 Å². The van der Waals surface area contributed by atoms with E-state index in [9.17, 15) is 0 Å². The van der Waals surface area contributed by atoms with Crippen molar-refractivity contribution in [2.75, 3.05) is 6.61 Å². The smallest absolute Gasteiger partial charge is 0.146 e. The Labute approximate surface area is 111 Å². The SMILES string of the molecule is C=CCOc1c(I)cc(CO)cc1I. The molecule has 1 rings (SSSR count). The van der Waals surface area contributed by atoms with Crippen molar-refractivity contribution in [1.82, 2.24) is 0 Å². The second-order valence-corrected chi connectivity index (χ2v) is 4.97. The van der Waals surface area contributed by atoms with Crippen LogP contribution >= 0.6 is 45.2 Å². The van der Waals surface area contributed by atoms with Crippen LogP contribution < -0.4 is 4.74 Å². The van der Waals surface area contributed by atoms with Crippen LogP contribution in [0.1, 0.15) is 5.56 Å². The van der Waals surface area contributed by atoms with Gasteiger partial charge in [-0.3, -0.25) is 0 Å². The zero-order chi connectivity index (χ0) is 10.6. The molecule has 0 aliphatic carbocycles. The standard InChI is InChI=1S/C10H10I2O2/c1-2-3-14-10-8(11)4-7(6-13)5-9(10)12/h2,4-5,13H,1,3,6H2. The van der Waals surface area contributed by atoms with E-state index in [4.69, 9.17) is 9.84 Å². The summed E-state index contributed by atoms with van der Waals surface area (Å²) in [6.07, 6.45) is 1.71. The molecule has 0 aliphatic heterocycles. The molecule has 0 fully saturated rings. The molecule has 76 valence electrons. The van der Waals surface area contributed by atoms with E-state index >= 15 is 0 Å². The number of ether oxygens (including phenoxy) is 1. The van der Waals surface area contributed by atoms with Crippen LogP contribution in [0.2, 0.25) is 0 Å². The summed E-state index contributed by atoms with van der Waals surface area (Å²) >= 11 is 4.40. The first-order chi connectivity index (χ1) is 6.69. The zero-order valence-corrected chi connectivity index (χ0v) is 11.8. The van der Waals surface area contributed by atoms with Gasteiger partial charge in [-0.2, -0.15) is 0 Å². The third-order valence-corrected chi connectivity index (χ3v) is 3.19. The van der Waals surface area contributed by atoms with E-state index < -0.39 is 0 Å². The lowest BCUT2D eigenvalue weighted by Crippen LogP contribution is -1.99. The van der Waals surface area contributed by atoms with E-state index in [1.807, 2.05) is 12.1 Å². The van der Waals surface area contributed by atoms with Gasteiger partial charge in [-0.15, -0.1) is 0 Å². The lowest BCUT2D eigenvalue weighted by Gasteiger charge is -2.09. The van der Waals surface area contributed by atoms with Crippen molar-refractivity contribution in [3.05, 3.63) is 37.5 Å². The molecule has 1 aromatic rings. The average molecular weight is 416 g/mol. The normalized spacial score (nSPS) is 9.93. The average Bonchev–Trinajstić information content (AvgIpc) is 2.16. The minimum atomic E-state index is 0.0632. The van der Waals surface area contributed by atoms with Crippen molar-refractivity contribution in [3.8, 4) is 5.75 Å². The van der Waals surface area contributed by atoms with Crippen molar-refractivity contribution in [2.24, 2.45) is 0 Å². The van der Waals surface area contributed by atoms with E-state index in [0.717, 1.165) is 18.5 Å². The zero-order valence-electron chi connectivity index (χ0n) is 7.46. The molecular weight excluding hydrogens is 406 g/mol. The lowest BCUT2D eigenvalue weighted by atomic mass is 10.2. The van der Waals surface area contributed by atoms with Gasteiger partial charge in [-0.1, -0.05) is 12.7 Å². The molecule has 0 radical (unpaired) electrons. The number of rotatable bonds is 4. The Morgan fingerprint density at radius 3 is 2.36 bits per heavy atom. The molecule has 0 saturated heterocycles. The van der Waals surface area contributed by atoms with Gasteiger partial charge in [0.1, 0.15) is 12.4 Å². The van der Waals surface area contributed by atoms with Gasteiger partial charge in [0.2, 0.25) is 0 Å². The molecule has 0 spiro atoms. The highest BCUT2D eigenvalue weighted by atomic mass is 127. The van der Waals surface area contributed by atoms with Crippen molar-refractivity contribution >= 4 is 45.2 Å². The van der Waals surface area contributed by atoms with Gasteiger partial charge in [0.05, 0.1) is 13.7 Å². The molecule has 1 N–H and O–H groups in total. The minimum Gasteiger partial charge on any atom is -0.487 e. The third-order valence-electron chi connectivity index (χ3n) is 1.59. The Bertz CT molecular complexity index is 314. The molecule has 4 heteroatoms. The number of hydrogen-bond acceptors (Lipinski definition) is 2. The van der Waals surface area contributed by atoms with E-state index in [1.165, 1.54) is 0 Å². The summed E-state index contributed by atoms with van der Waals surface area (Å²) in [4.78, 5) is 0. The Morgan fingerprint density at radius 2 is 1.93 bits per heavy atom. The van der Waals surface area contributed by atoms with Gasteiger partial charge in [0.15, 0.2) is 0 Å². The van der Waals surface area contributed by atoms with Crippen molar-refractivity contribution in [3.63, 3.8) is 0 Å². The highest BCUT2D eigenvalue weighted by Crippen LogP contribution is 2.28. The molecule has 2 nitrogen and oxygen atoms in total. The Hall–Kier alpha value is 0.180. The molecule has 0 amide bonds. The first-order valence-corrected chi connectivity index (χ1v) is 6.17. The summed E-state index contributed by atoms with van der Waals surface area (Å²) in [7, 11) is 0. The van der Waals surface area contributed by atoms with E-state index in [-0.39, 0.29) is 6.61 Å². The maximum Gasteiger partial charge on any atom is 0.146 e. The predicted molar refractivity (Wildman–Crippen MR) is 73.5 cm³/mol. The second kappa shape index (κ2) is 5.92. The topological polar surface area (TPSA) is 29.5 Å². The summed E-state index contributed by atoms with van der Waals surface area (Å²) in [6, 6.07) is 3.84. The first-order valence-electron chi connectivity index (χ1n) is 4.01. The quantitative estimate of drug-likeness (QED) is 0.605. The maximum absolute atomic E-state index is 8.99. The third kappa shape index (κ3) is 3.09. The highest BCUT2D eigenvalue weighted by Gasteiger charge is 2.07. The lowest BCUT2D eigenvalue weighted by molar-refractivity contribution is 0.281. The molecule has 0 saturated carbocycles. The first kappa shape index (κ1) is 12.3. The van der Waals surface area contributed by atoms with Crippen LogP contribution in [0.25, 0.3) is 0 Å². The van der Waals surface area contributed by atoms with Gasteiger partial charge in [-0.25, -0.2) is 0 Å². The fourth-order valence-electron chi connectivity index (χ4n) is 0.984. The number of aliphatic hydroxyl groups is 1. The van der Waals surface area contributed by atoms with Crippen LogP contribution in [-0.4, -0.2) is 11.7 Å². The molecule has 1 aromatic carbocycles. The summed E-state index contributed by atoms with van der Waals surface area (Å²) in [5.74, 6) is 0.864. The van der Waals surface area contributed by atoms with Gasteiger partial charge >= 0.3 is 0 Å². The van der Waals surface area contributed by atoms with Gasteiger partial charge in [-0.05, 0) is 62.9 Å². The number of hydrogen-bond donors (Lipinski definition) is 1. The molecule has 0 aromatic heterocycles. The van der Waals surface area contributed by atoms with Gasteiger partial charge in [0.25, 0.3) is 0 Å². The fraction of sp³-hybridized carbons (Fsp3) is 0.200. The van der Waals surface area contributed by atoms with Crippen LogP contribution in [0.5, 0.6) is 5.75 Å². The fourth-order valence-corrected chi connectivity index (χ4v) is 3.19. The molecule has 0 aliphatic rings. The summed E-state index contributed by atoms with van der Waals surface area (Å²) in [5.41, 5.74) is 0.907. The van der Waals surface area contributed by atoms with Crippen LogP contribution in [0.15, 0.2) is 24.8 Å². The summed E-state index contributed by atoms with van der Waals surface area (Å²) in [5, 5.41) is 8.99. The number of aliphatic hydroxyl groups excluding tert-OH is 1. The molecular formula is C10H10I2O2. The van der Waals surface area contributed by atoms with Gasteiger partial charge in [0, 0.05) is 0 Å². The van der Waals surface area contributed by atoms with Gasteiger partial charge < -0.3 is 9.84 Å². The number of halogens is 2. The molecule has 0 atom stereocenters. The van der Waals surface area contributed by atoms with E-state index in [2.05, 4.69) is 51.8 Å². The summed E-state index contributed by atoms with van der Waals surface area (Å²) < 4.78 is 7.53. The predicted octanol–water partition coefficient (Wildman–Crippen LogP) is 2.95. The monoisotopic (exact) mass is 416 g/mol. The second-order valence-electron chi connectivity index (χ2n) is 2.65. The summed E-state index contributed by atoms with van der Waals surface area (Å²) in [6.45, 7) is 4.17. The molecule has 0 bridgehead atoms. The maximum atomic E-state index is 8.99. The van der Waals surface area contributed by atoms with Crippen LogP contribution in [-0.2, 0) is 6.61 Å². The van der Waals surface area contributed by atoms with Crippen LogP contribution in [0.4, 0.5) is 0 Å². The highest BCUT2D eigenvalue weighted by molar-refractivity contribution is 14.1. The number of benzene rings is 1. The van der Waals surface area contributed by atoms with Crippen LogP contribution in [0.3, 0.4) is 0 Å². The van der Waals surface area contributed by atoms with E-state index in [0.29, 0.717) is 6.61 Å². The Morgan fingerprint density at radius 1 is 1.36 bits per heavy atom. The largest absolute Gasteiger partial charge is 0.487 e. The van der Waals surface area contributed by atoms with Crippen molar-refractivity contribution in [2.45, 2.75) is 6.61 Å². The Kier molecular flexibility index (Phi) is 5.18. The molecule has 0 unspecified atom stereocenters. The van der Waals surface area contributed by atoms with Crippen molar-refractivity contribution in [1.29, 1.82) is 0 Å². The minimum absolute atomic E-state index is 0.0632. The van der Waals surface area contributed by atoms with Crippen LogP contribution in [0, 0.1) is 7.14 Å².